The van der Waals surface area contributed by atoms with Crippen LogP contribution in [0.15, 0.2) is 22.7 Å². The highest BCUT2D eigenvalue weighted by Crippen LogP contribution is 2.40. The van der Waals surface area contributed by atoms with E-state index in [0.29, 0.717) is 17.6 Å². The monoisotopic (exact) mass is 468 g/mol. The van der Waals surface area contributed by atoms with Crippen LogP contribution < -0.4 is 5.73 Å². The molecule has 31 heavy (non-hydrogen) atoms. The van der Waals surface area contributed by atoms with Crippen LogP contribution >= 0.6 is 34.4 Å². The summed E-state index contributed by atoms with van der Waals surface area (Å²) in [5.41, 5.74) is 7.83. The van der Waals surface area contributed by atoms with Crippen molar-refractivity contribution in [2.24, 2.45) is 0 Å². The Hall–Kier alpha value is -1.97. The Balaban J connectivity index is 1.25. The molecule has 1 fully saturated rings. The maximum absolute atomic E-state index is 6.43. The third kappa shape index (κ3) is 3.87. The topological polar surface area (TPSA) is 82.5 Å². The van der Waals surface area contributed by atoms with Gasteiger partial charge in [-0.25, -0.2) is 9.97 Å². The first-order valence-corrected chi connectivity index (χ1v) is 13.6. The van der Waals surface area contributed by atoms with Crippen LogP contribution in [-0.2, 0) is 25.0 Å². The quantitative estimate of drug-likeness (QED) is 0.301. The SMILES string of the molecule is Nc1nc(CSc2nnc(Cc3cccs3)n2C2CC2)nc2sc3c(c12)CCCCC3. The molecule has 0 unspecified atom stereocenters. The molecule has 0 bridgehead atoms. The van der Waals surface area contributed by atoms with Gasteiger partial charge in [0.15, 0.2) is 5.16 Å². The second-order valence-corrected chi connectivity index (χ2v) is 11.4. The summed E-state index contributed by atoms with van der Waals surface area (Å²) in [5, 5.41) is 13.2. The Morgan fingerprint density at radius 3 is 2.87 bits per heavy atom. The van der Waals surface area contributed by atoms with E-state index in [2.05, 4.69) is 37.3 Å². The number of aromatic nitrogens is 5. The van der Waals surface area contributed by atoms with E-state index in [1.807, 2.05) is 11.3 Å². The number of nitrogen functional groups attached to an aromatic ring is 1. The molecule has 0 saturated heterocycles. The minimum Gasteiger partial charge on any atom is -0.383 e. The summed E-state index contributed by atoms with van der Waals surface area (Å²) in [6.07, 6.45) is 9.32. The van der Waals surface area contributed by atoms with Crippen LogP contribution in [0, 0.1) is 0 Å². The summed E-state index contributed by atoms with van der Waals surface area (Å²) < 4.78 is 2.33. The van der Waals surface area contributed by atoms with Crippen LogP contribution in [0.4, 0.5) is 5.82 Å². The average Bonchev–Trinajstić information content (AvgIpc) is 3.24. The number of nitrogens with zero attached hydrogens (tertiary/aromatic N) is 5. The van der Waals surface area contributed by atoms with Gasteiger partial charge in [0.1, 0.15) is 22.3 Å². The predicted octanol–water partition coefficient (Wildman–Crippen LogP) is 5.41. The molecule has 6 nitrogen and oxygen atoms in total. The fourth-order valence-electron chi connectivity index (χ4n) is 4.40. The molecule has 0 amide bonds. The Bertz CT molecular complexity index is 1220. The molecule has 0 spiro atoms. The van der Waals surface area contributed by atoms with Gasteiger partial charge in [0.25, 0.3) is 0 Å². The van der Waals surface area contributed by atoms with Gasteiger partial charge in [0, 0.05) is 22.2 Å². The number of anilines is 1. The number of thiophene rings is 2. The molecule has 1 saturated carbocycles. The van der Waals surface area contributed by atoms with E-state index < -0.39 is 0 Å². The van der Waals surface area contributed by atoms with Gasteiger partial charge in [-0.15, -0.1) is 32.9 Å². The van der Waals surface area contributed by atoms with Gasteiger partial charge in [-0.3, -0.25) is 0 Å². The van der Waals surface area contributed by atoms with E-state index in [-0.39, 0.29) is 0 Å². The summed E-state index contributed by atoms with van der Waals surface area (Å²) in [6, 6.07) is 4.79. The maximum atomic E-state index is 6.43. The van der Waals surface area contributed by atoms with Crippen molar-refractivity contribution in [1.82, 2.24) is 24.7 Å². The Morgan fingerprint density at radius 2 is 2.03 bits per heavy atom. The third-order valence-corrected chi connectivity index (χ3v) is 9.03. The fourth-order valence-corrected chi connectivity index (χ4v) is 7.27. The molecule has 2 aliphatic carbocycles. The Labute approximate surface area is 193 Å². The number of hydrogen-bond acceptors (Lipinski definition) is 8. The molecule has 2 N–H and O–H groups in total. The smallest absolute Gasteiger partial charge is 0.191 e. The zero-order valence-electron chi connectivity index (χ0n) is 17.2. The average molecular weight is 469 g/mol. The highest BCUT2D eigenvalue weighted by molar-refractivity contribution is 7.98. The summed E-state index contributed by atoms with van der Waals surface area (Å²) in [6.45, 7) is 0. The Kier molecular flexibility index (Phi) is 5.20. The summed E-state index contributed by atoms with van der Waals surface area (Å²) in [7, 11) is 0. The Morgan fingerprint density at radius 1 is 1.13 bits per heavy atom. The van der Waals surface area contributed by atoms with Crippen molar-refractivity contribution >= 4 is 50.5 Å². The van der Waals surface area contributed by atoms with E-state index >= 15 is 0 Å². The van der Waals surface area contributed by atoms with Gasteiger partial charge in [-0.2, -0.15) is 0 Å². The highest BCUT2D eigenvalue weighted by atomic mass is 32.2. The lowest BCUT2D eigenvalue weighted by Crippen LogP contribution is -2.04. The molecule has 0 radical (unpaired) electrons. The first-order valence-electron chi connectivity index (χ1n) is 10.9. The van der Waals surface area contributed by atoms with Crippen LogP contribution in [0.3, 0.4) is 0 Å². The second kappa shape index (κ2) is 8.18. The normalized spacial score (nSPS) is 16.5. The van der Waals surface area contributed by atoms with Crippen LogP contribution in [0.5, 0.6) is 0 Å². The molecular formula is C22H24N6S3. The lowest BCUT2D eigenvalue weighted by Gasteiger charge is -2.08. The molecule has 4 aromatic rings. The van der Waals surface area contributed by atoms with Crippen molar-refractivity contribution < 1.29 is 0 Å². The molecule has 9 heteroatoms. The first kappa shape index (κ1) is 19.7. The lowest BCUT2D eigenvalue weighted by molar-refractivity contribution is 0.635. The van der Waals surface area contributed by atoms with Crippen molar-refractivity contribution in [3.05, 3.63) is 44.5 Å². The van der Waals surface area contributed by atoms with E-state index in [1.165, 1.54) is 47.4 Å². The number of aryl methyl sites for hydroxylation is 2. The van der Waals surface area contributed by atoms with Gasteiger partial charge in [-0.05, 0) is 55.5 Å². The lowest BCUT2D eigenvalue weighted by atomic mass is 10.1. The van der Waals surface area contributed by atoms with Gasteiger partial charge in [0.05, 0.1) is 11.1 Å². The molecule has 0 aromatic carbocycles. The third-order valence-electron chi connectivity index (χ3n) is 6.03. The van der Waals surface area contributed by atoms with Gasteiger partial charge < -0.3 is 10.3 Å². The molecule has 6 rings (SSSR count). The molecule has 2 aliphatic rings. The number of hydrogen-bond donors (Lipinski definition) is 1. The second-order valence-electron chi connectivity index (χ2n) is 8.31. The van der Waals surface area contributed by atoms with E-state index in [9.17, 15) is 0 Å². The van der Waals surface area contributed by atoms with Crippen molar-refractivity contribution in [3.63, 3.8) is 0 Å². The van der Waals surface area contributed by atoms with Crippen molar-refractivity contribution in [3.8, 4) is 0 Å². The molecule has 4 heterocycles. The summed E-state index contributed by atoms with van der Waals surface area (Å²) in [5.74, 6) is 3.15. The van der Waals surface area contributed by atoms with Crippen LogP contribution in [0.1, 0.15) is 65.1 Å². The van der Waals surface area contributed by atoms with Gasteiger partial charge in [-0.1, -0.05) is 24.2 Å². The zero-order chi connectivity index (χ0) is 20.8. The van der Waals surface area contributed by atoms with Crippen LogP contribution in [0.2, 0.25) is 0 Å². The van der Waals surface area contributed by atoms with Crippen molar-refractivity contribution in [2.45, 2.75) is 68.3 Å². The molecule has 0 aliphatic heterocycles. The predicted molar refractivity (Wildman–Crippen MR) is 128 cm³/mol. The molecular weight excluding hydrogens is 444 g/mol. The molecule has 4 aromatic heterocycles. The fraction of sp³-hybridized carbons (Fsp3) is 0.455. The maximum Gasteiger partial charge on any atom is 0.191 e. The van der Waals surface area contributed by atoms with Gasteiger partial charge in [0.2, 0.25) is 0 Å². The minimum atomic E-state index is 0.536. The van der Waals surface area contributed by atoms with E-state index in [4.69, 9.17) is 10.7 Å². The van der Waals surface area contributed by atoms with E-state index in [1.54, 1.807) is 23.1 Å². The number of fused-ring (bicyclic) bond motifs is 3. The standard InChI is InChI=1S/C22H24N6S3/c23-20-19-15-6-2-1-3-7-16(15)31-21(19)25-17(24-20)12-30-22-27-26-18(28(22)13-8-9-13)11-14-5-4-10-29-14/h4-5,10,13H,1-3,6-9,11-12H2,(H2,23,24,25). The minimum absolute atomic E-state index is 0.536. The number of nitrogens with two attached hydrogens (primary N) is 1. The van der Waals surface area contributed by atoms with Crippen LogP contribution in [-0.4, -0.2) is 24.7 Å². The molecule has 160 valence electrons. The van der Waals surface area contributed by atoms with Crippen molar-refractivity contribution in [2.75, 3.05) is 5.73 Å². The summed E-state index contributed by atoms with van der Waals surface area (Å²) in [4.78, 5) is 13.4. The number of thioether (sulfide) groups is 1. The molecule has 0 atom stereocenters. The summed E-state index contributed by atoms with van der Waals surface area (Å²) >= 11 is 5.26. The zero-order valence-corrected chi connectivity index (χ0v) is 19.7. The number of rotatable bonds is 6. The van der Waals surface area contributed by atoms with Crippen molar-refractivity contribution in [1.29, 1.82) is 0 Å². The first-order chi connectivity index (χ1) is 15.3. The van der Waals surface area contributed by atoms with E-state index in [0.717, 1.165) is 46.3 Å². The largest absolute Gasteiger partial charge is 0.383 e. The van der Waals surface area contributed by atoms with Crippen LogP contribution in [0.25, 0.3) is 10.2 Å². The highest BCUT2D eigenvalue weighted by Gasteiger charge is 2.30. The van der Waals surface area contributed by atoms with Gasteiger partial charge >= 0.3 is 0 Å².